The number of phenols is 2. The zero-order valence-electron chi connectivity index (χ0n) is 10.4. The Bertz CT molecular complexity index is 1090. The molecule has 2 aromatic heterocycles. The van der Waals surface area contributed by atoms with E-state index in [0.29, 0.717) is 27.0 Å². The van der Waals surface area contributed by atoms with Gasteiger partial charge in [-0.15, -0.1) is 0 Å². The maximum absolute atomic E-state index is 12.2. The van der Waals surface area contributed by atoms with Gasteiger partial charge in [-0.1, -0.05) is 11.6 Å². The van der Waals surface area contributed by atoms with Gasteiger partial charge in [-0.3, -0.25) is 0 Å². The molecule has 0 aliphatic heterocycles. The highest BCUT2D eigenvalue weighted by Crippen LogP contribution is 2.37. The molecule has 0 aliphatic rings. The van der Waals surface area contributed by atoms with Gasteiger partial charge in [0.2, 0.25) is 0 Å². The van der Waals surface area contributed by atoms with Crippen LogP contribution in [0.2, 0.25) is 5.02 Å². The lowest BCUT2D eigenvalue weighted by Crippen LogP contribution is -1.98. The second-order valence-electron chi connectivity index (χ2n) is 4.67. The van der Waals surface area contributed by atoms with Crippen molar-refractivity contribution in [3.05, 3.63) is 45.8 Å². The largest absolute Gasteiger partial charge is 0.504 e. The fourth-order valence-electron chi connectivity index (χ4n) is 2.43. The molecule has 2 heterocycles. The van der Waals surface area contributed by atoms with Crippen molar-refractivity contribution in [3.8, 4) is 11.5 Å². The van der Waals surface area contributed by atoms with Gasteiger partial charge in [-0.05, 0) is 18.2 Å². The second kappa shape index (κ2) is 3.93. The van der Waals surface area contributed by atoms with E-state index in [9.17, 15) is 15.0 Å². The molecule has 0 saturated heterocycles. The van der Waals surface area contributed by atoms with Crippen LogP contribution in [0.1, 0.15) is 0 Å². The van der Waals surface area contributed by atoms with Crippen LogP contribution >= 0.6 is 11.6 Å². The molecule has 4 rings (SSSR count). The van der Waals surface area contributed by atoms with Gasteiger partial charge in [0, 0.05) is 22.5 Å². The molecule has 0 unspecified atom stereocenters. The number of rotatable bonds is 0. The van der Waals surface area contributed by atoms with Crippen molar-refractivity contribution in [2.45, 2.75) is 0 Å². The zero-order chi connectivity index (χ0) is 14.7. The Kier molecular flexibility index (Phi) is 2.26. The van der Waals surface area contributed by atoms with Crippen LogP contribution in [0.4, 0.5) is 0 Å². The molecule has 0 spiro atoms. The average molecular weight is 303 g/mol. The monoisotopic (exact) mass is 302 g/mol. The molecule has 2 aromatic carbocycles. The Morgan fingerprint density at radius 1 is 0.905 bits per heavy atom. The highest BCUT2D eigenvalue weighted by Gasteiger charge is 2.18. The van der Waals surface area contributed by atoms with Gasteiger partial charge in [-0.25, -0.2) is 4.79 Å². The predicted molar refractivity (Wildman–Crippen MR) is 78.1 cm³/mol. The minimum absolute atomic E-state index is 0.218. The van der Waals surface area contributed by atoms with Crippen molar-refractivity contribution in [1.29, 1.82) is 0 Å². The van der Waals surface area contributed by atoms with E-state index in [0.717, 1.165) is 0 Å². The smallest absolute Gasteiger partial charge is 0.348 e. The van der Waals surface area contributed by atoms with Crippen LogP contribution in [0.5, 0.6) is 11.5 Å². The van der Waals surface area contributed by atoms with E-state index in [2.05, 4.69) is 0 Å². The van der Waals surface area contributed by atoms with E-state index in [1.54, 1.807) is 12.1 Å². The number of phenolic OH excluding ortho intramolecular Hbond substituents is 2. The summed E-state index contributed by atoms with van der Waals surface area (Å²) < 4.78 is 10.9. The number of hydrogen-bond acceptors (Lipinski definition) is 5. The maximum Gasteiger partial charge on any atom is 0.348 e. The van der Waals surface area contributed by atoms with Crippen LogP contribution in [0.3, 0.4) is 0 Å². The van der Waals surface area contributed by atoms with Gasteiger partial charge >= 0.3 is 5.63 Å². The molecular formula is C15H7ClO5. The summed E-state index contributed by atoms with van der Waals surface area (Å²) in [6.45, 7) is 0. The molecule has 6 heteroatoms. The lowest BCUT2D eigenvalue weighted by molar-refractivity contribution is 0.404. The summed E-state index contributed by atoms with van der Waals surface area (Å²) in [5, 5.41) is 20.8. The van der Waals surface area contributed by atoms with Crippen molar-refractivity contribution in [1.82, 2.24) is 0 Å². The molecule has 0 saturated carbocycles. The third-order valence-corrected chi connectivity index (χ3v) is 3.62. The maximum atomic E-state index is 12.2. The van der Waals surface area contributed by atoms with Crippen molar-refractivity contribution in [2.24, 2.45) is 0 Å². The van der Waals surface area contributed by atoms with E-state index < -0.39 is 5.63 Å². The lowest BCUT2D eigenvalue weighted by atomic mass is 10.1. The summed E-state index contributed by atoms with van der Waals surface area (Å²) in [5.74, 6) is -0.654. The molecule has 0 fully saturated rings. The summed E-state index contributed by atoms with van der Waals surface area (Å²) in [5.41, 5.74) is 0.337. The first-order chi connectivity index (χ1) is 10.0. The normalized spacial score (nSPS) is 11.7. The molecule has 0 radical (unpaired) electrons. The highest BCUT2D eigenvalue weighted by molar-refractivity contribution is 6.31. The molecule has 0 bridgehead atoms. The minimum atomic E-state index is -0.594. The van der Waals surface area contributed by atoms with Gasteiger partial charge in [0.05, 0.1) is 5.39 Å². The third kappa shape index (κ3) is 1.61. The Morgan fingerprint density at radius 2 is 1.62 bits per heavy atom. The first-order valence-corrected chi connectivity index (χ1v) is 6.43. The van der Waals surface area contributed by atoms with Gasteiger partial charge in [0.25, 0.3) is 0 Å². The van der Waals surface area contributed by atoms with Crippen LogP contribution in [-0.2, 0) is 0 Å². The average Bonchev–Trinajstić information content (AvgIpc) is 2.78. The number of aromatic hydroxyl groups is 2. The molecular weight excluding hydrogens is 296 g/mol. The summed E-state index contributed by atoms with van der Waals surface area (Å²) in [6, 6.07) is 7.40. The summed E-state index contributed by atoms with van der Waals surface area (Å²) in [7, 11) is 0. The summed E-state index contributed by atoms with van der Waals surface area (Å²) >= 11 is 5.88. The van der Waals surface area contributed by atoms with Crippen LogP contribution in [0.15, 0.2) is 44.0 Å². The molecule has 104 valence electrons. The number of halogens is 1. The fraction of sp³-hybridized carbons (Fsp3) is 0. The van der Waals surface area contributed by atoms with Crippen LogP contribution in [-0.4, -0.2) is 10.2 Å². The van der Waals surface area contributed by atoms with Gasteiger partial charge in [0.1, 0.15) is 16.6 Å². The second-order valence-corrected chi connectivity index (χ2v) is 5.11. The number of fused-ring (bicyclic) bond motifs is 5. The van der Waals surface area contributed by atoms with Crippen LogP contribution in [0.25, 0.3) is 32.9 Å². The summed E-state index contributed by atoms with van der Waals surface area (Å²) in [6.07, 6.45) is 0. The molecule has 0 aliphatic carbocycles. The Labute approximate surface area is 121 Å². The van der Waals surface area contributed by atoms with Crippen molar-refractivity contribution in [3.63, 3.8) is 0 Å². The molecule has 0 atom stereocenters. The molecule has 21 heavy (non-hydrogen) atoms. The number of hydrogen-bond donors (Lipinski definition) is 2. The third-order valence-electron chi connectivity index (χ3n) is 3.38. The predicted octanol–water partition coefficient (Wildman–Crippen LogP) is 3.76. The first kappa shape index (κ1) is 12.1. The topological polar surface area (TPSA) is 83.8 Å². The molecule has 4 aromatic rings. The molecule has 5 nitrogen and oxygen atoms in total. The van der Waals surface area contributed by atoms with E-state index in [-0.39, 0.29) is 22.5 Å². The fourth-order valence-corrected chi connectivity index (χ4v) is 2.59. The number of benzene rings is 2. The van der Waals surface area contributed by atoms with Crippen LogP contribution < -0.4 is 5.63 Å². The number of furan rings is 1. The SMILES string of the molecule is O=c1oc2cc(Cl)ccc2c2oc3cc(O)c(O)cc3c12. The van der Waals surface area contributed by atoms with Gasteiger partial charge in [-0.2, -0.15) is 0 Å². The van der Waals surface area contributed by atoms with Crippen molar-refractivity contribution in [2.75, 3.05) is 0 Å². The minimum Gasteiger partial charge on any atom is -0.504 e. The summed E-state index contributed by atoms with van der Waals surface area (Å²) in [4.78, 5) is 12.2. The van der Waals surface area contributed by atoms with Crippen molar-refractivity contribution >= 4 is 44.5 Å². The van der Waals surface area contributed by atoms with Crippen molar-refractivity contribution < 1.29 is 19.0 Å². The zero-order valence-corrected chi connectivity index (χ0v) is 11.1. The van der Waals surface area contributed by atoms with E-state index in [1.165, 1.54) is 18.2 Å². The van der Waals surface area contributed by atoms with Gasteiger partial charge < -0.3 is 19.0 Å². The Hall–Kier alpha value is -2.66. The Morgan fingerprint density at radius 3 is 2.43 bits per heavy atom. The standard InChI is InChI=1S/C15H7ClO5/c16-6-1-2-7-11(3-6)21-15(19)13-8-4-9(17)10(18)5-12(8)20-14(7)13/h1-5,17-18H. The molecule has 0 amide bonds. The van der Waals surface area contributed by atoms with Crippen LogP contribution in [0, 0.1) is 0 Å². The quantitative estimate of drug-likeness (QED) is 0.382. The van der Waals surface area contributed by atoms with E-state index >= 15 is 0 Å². The Balaban J connectivity index is 2.31. The molecule has 2 N–H and O–H groups in total. The van der Waals surface area contributed by atoms with Gasteiger partial charge in [0.15, 0.2) is 17.1 Å². The lowest BCUT2D eigenvalue weighted by Gasteiger charge is -1.97. The van der Waals surface area contributed by atoms with E-state index in [1.807, 2.05) is 0 Å². The highest BCUT2D eigenvalue weighted by atomic mass is 35.5. The first-order valence-electron chi connectivity index (χ1n) is 6.05. The van der Waals surface area contributed by atoms with E-state index in [4.69, 9.17) is 20.4 Å².